The summed E-state index contributed by atoms with van der Waals surface area (Å²) in [4.78, 5) is 0.311. The van der Waals surface area contributed by atoms with Crippen LogP contribution in [0.1, 0.15) is 23.6 Å². The molecule has 1 atom stereocenters. The minimum atomic E-state index is -3.50. The number of aryl methyl sites for hydroxylation is 2. The van der Waals surface area contributed by atoms with Crippen molar-refractivity contribution >= 4 is 10.0 Å². The molecule has 0 fully saturated rings. The van der Waals surface area contributed by atoms with Crippen LogP contribution >= 0.6 is 0 Å². The fourth-order valence-electron chi connectivity index (χ4n) is 2.14. The zero-order valence-electron chi connectivity index (χ0n) is 13.7. The summed E-state index contributed by atoms with van der Waals surface area (Å²) < 4.78 is 32.9. The Kier molecular flexibility index (Phi) is 5.93. The second-order valence-electron chi connectivity index (χ2n) is 5.72. The van der Waals surface area contributed by atoms with Gasteiger partial charge in [0.25, 0.3) is 0 Å². The quantitative estimate of drug-likeness (QED) is 0.846. The van der Waals surface area contributed by atoms with Gasteiger partial charge in [-0.2, -0.15) is 0 Å². The molecule has 124 valence electrons. The zero-order valence-corrected chi connectivity index (χ0v) is 14.6. The number of rotatable bonds is 7. The summed E-state index contributed by atoms with van der Waals surface area (Å²) in [6, 6.07) is 15.0. The van der Waals surface area contributed by atoms with Gasteiger partial charge in [0.15, 0.2) is 0 Å². The van der Waals surface area contributed by atoms with Crippen molar-refractivity contribution in [3.05, 3.63) is 65.2 Å². The molecule has 5 heteroatoms. The molecule has 1 N–H and O–H groups in total. The number of sulfonamides is 1. The lowest BCUT2D eigenvalue weighted by Gasteiger charge is -2.15. The van der Waals surface area contributed by atoms with Gasteiger partial charge in [-0.05, 0) is 38.0 Å². The molecule has 0 radical (unpaired) electrons. The molecule has 0 aliphatic carbocycles. The van der Waals surface area contributed by atoms with Gasteiger partial charge >= 0.3 is 0 Å². The lowest BCUT2D eigenvalue weighted by atomic mass is 10.2. The SMILES string of the molecule is Cc1ccc(COC(C)CNS(=O)(=O)c2ccccc2C)cc1. The van der Waals surface area contributed by atoms with Crippen LogP contribution in [-0.2, 0) is 21.4 Å². The third-order valence-electron chi connectivity index (χ3n) is 3.60. The summed E-state index contributed by atoms with van der Waals surface area (Å²) in [6.07, 6.45) is -0.213. The van der Waals surface area contributed by atoms with Crippen molar-refractivity contribution in [2.45, 2.75) is 38.4 Å². The van der Waals surface area contributed by atoms with Crippen LogP contribution in [0.2, 0.25) is 0 Å². The first-order chi connectivity index (χ1) is 10.9. The maximum absolute atomic E-state index is 12.3. The van der Waals surface area contributed by atoms with Crippen molar-refractivity contribution in [3.63, 3.8) is 0 Å². The summed E-state index contributed by atoms with van der Waals surface area (Å²) in [7, 11) is -3.50. The van der Waals surface area contributed by atoms with Gasteiger partial charge < -0.3 is 4.74 Å². The average molecular weight is 333 g/mol. The molecule has 0 amide bonds. The number of benzene rings is 2. The van der Waals surface area contributed by atoms with E-state index in [0.717, 1.165) is 11.1 Å². The first-order valence-corrected chi connectivity index (χ1v) is 9.09. The van der Waals surface area contributed by atoms with Gasteiger partial charge in [0.05, 0.1) is 17.6 Å². The van der Waals surface area contributed by atoms with E-state index in [2.05, 4.69) is 4.72 Å². The van der Waals surface area contributed by atoms with E-state index < -0.39 is 10.0 Å². The fraction of sp³-hybridized carbons (Fsp3) is 0.333. The summed E-state index contributed by atoms with van der Waals surface area (Å²) in [5, 5.41) is 0. The van der Waals surface area contributed by atoms with E-state index in [0.29, 0.717) is 11.5 Å². The molecule has 2 rings (SSSR count). The maximum atomic E-state index is 12.3. The highest BCUT2D eigenvalue weighted by atomic mass is 32.2. The second kappa shape index (κ2) is 7.73. The summed E-state index contributed by atoms with van der Waals surface area (Å²) in [5.41, 5.74) is 3.00. The Bertz CT molecular complexity index is 739. The first-order valence-electron chi connectivity index (χ1n) is 7.61. The highest BCUT2D eigenvalue weighted by Crippen LogP contribution is 2.14. The van der Waals surface area contributed by atoms with Crippen molar-refractivity contribution in [1.29, 1.82) is 0 Å². The van der Waals surface area contributed by atoms with Crippen molar-refractivity contribution in [3.8, 4) is 0 Å². The second-order valence-corrected chi connectivity index (χ2v) is 7.46. The average Bonchev–Trinajstić information content (AvgIpc) is 2.53. The number of hydrogen-bond donors (Lipinski definition) is 1. The molecule has 0 bridgehead atoms. The first kappa shape index (κ1) is 17.7. The Balaban J connectivity index is 1.87. The Labute approximate surface area is 138 Å². The van der Waals surface area contributed by atoms with Crippen LogP contribution in [0.15, 0.2) is 53.4 Å². The highest BCUT2D eigenvalue weighted by molar-refractivity contribution is 7.89. The van der Waals surface area contributed by atoms with E-state index in [-0.39, 0.29) is 12.6 Å². The molecule has 2 aromatic carbocycles. The zero-order chi connectivity index (χ0) is 16.9. The molecule has 2 aromatic rings. The van der Waals surface area contributed by atoms with Gasteiger partial charge in [-0.25, -0.2) is 13.1 Å². The van der Waals surface area contributed by atoms with Crippen LogP contribution in [0.4, 0.5) is 0 Å². The minimum Gasteiger partial charge on any atom is -0.372 e. The molecular weight excluding hydrogens is 310 g/mol. The van der Waals surface area contributed by atoms with E-state index in [4.69, 9.17) is 4.74 Å². The molecule has 0 aromatic heterocycles. The van der Waals surface area contributed by atoms with Gasteiger partial charge in [0.1, 0.15) is 0 Å². The third-order valence-corrected chi connectivity index (χ3v) is 5.18. The molecule has 0 heterocycles. The highest BCUT2D eigenvalue weighted by Gasteiger charge is 2.17. The van der Waals surface area contributed by atoms with Crippen LogP contribution in [0.5, 0.6) is 0 Å². The van der Waals surface area contributed by atoms with Crippen molar-refractivity contribution < 1.29 is 13.2 Å². The molecule has 0 saturated heterocycles. The summed E-state index contributed by atoms with van der Waals surface area (Å²) in [6.45, 7) is 6.38. The van der Waals surface area contributed by atoms with E-state index in [9.17, 15) is 8.42 Å². The summed E-state index contributed by atoms with van der Waals surface area (Å²) in [5.74, 6) is 0. The lowest BCUT2D eigenvalue weighted by Crippen LogP contribution is -2.32. The topological polar surface area (TPSA) is 55.4 Å². The molecular formula is C18H23NO3S. The molecule has 23 heavy (non-hydrogen) atoms. The Morgan fingerprint density at radius 3 is 2.35 bits per heavy atom. The van der Waals surface area contributed by atoms with Gasteiger partial charge in [-0.15, -0.1) is 0 Å². The number of ether oxygens (including phenoxy) is 1. The van der Waals surface area contributed by atoms with E-state index in [1.165, 1.54) is 5.56 Å². The molecule has 0 saturated carbocycles. The van der Waals surface area contributed by atoms with E-state index in [1.807, 2.05) is 44.2 Å². The predicted molar refractivity (Wildman–Crippen MR) is 91.8 cm³/mol. The monoisotopic (exact) mass is 333 g/mol. The Morgan fingerprint density at radius 2 is 1.70 bits per heavy atom. The normalized spacial score (nSPS) is 13.0. The van der Waals surface area contributed by atoms with Crippen LogP contribution in [0, 0.1) is 13.8 Å². The van der Waals surface area contributed by atoms with Gasteiger partial charge in [-0.3, -0.25) is 0 Å². The van der Waals surface area contributed by atoms with Crippen LogP contribution < -0.4 is 4.72 Å². The van der Waals surface area contributed by atoms with Crippen molar-refractivity contribution in [2.75, 3.05) is 6.54 Å². The number of hydrogen-bond acceptors (Lipinski definition) is 3. The molecule has 0 aliphatic rings. The lowest BCUT2D eigenvalue weighted by molar-refractivity contribution is 0.0566. The van der Waals surface area contributed by atoms with Crippen LogP contribution in [0.25, 0.3) is 0 Å². The smallest absolute Gasteiger partial charge is 0.240 e. The number of nitrogens with one attached hydrogen (secondary N) is 1. The van der Waals surface area contributed by atoms with Crippen molar-refractivity contribution in [1.82, 2.24) is 4.72 Å². The Hall–Kier alpha value is -1.69. The molecule has 4 nitrogen and oxygen atoms in total. The summed E-state index contributed by atoms with van der Waals surface area (Å²) >= 11 is 0. The predicted octanol–water partition coefficient (Wildman–Crippen LogP) is 3.19. The fourth-order valence-corrected chi connectivity index (χ4v) is 3.50. The van der Waals surface area contributed by atoms with Gasteiger partial charge in [-0.1, -0.05) is 48.0 Å². The Morgan fingerprint density at radius 1 is 1.04 bits per heavy atom. The third kappa shape index (κ3) is 5.16. The van der Waals surface area contributed by atoms with E-state index >= 15 is 0 Å². The largest absolute Gasteiger partial charge is 0.372 e. The molecule has 0 spiro atoms. The standard InChI is InChI=1S/C18H23NO3S/c1-14-8-10-17(11-9-14)13-22-16(3)12-19-23(20,21)18-7-5-4-6-15(18)2/h4-11,16,19H,12-13H2,1-3H3. The van der Waals surface area contributed by atoms with Crippen molar-refractivity contribution in [2.24, 2.45) is 0 Å². The van der Waals surface area contributed by atoms with Crippen LogP contribution in [-0.4, -0.2) is 21.1 Å². The molecule has 0 aliphatic heterocycles. The van der Waals surface area contributed by atoms with Gasteiger partial charge in [0.2, 0.25) is 10.0 Å². The van der Waals surface area contributed by atoms with E-state index in [1.54, 1.807) is 25.1 Å². The van der Waals surface area contributed by atoms with Crippen LogP contribution in [0.3, 0.4) is 0 Å². The maximum Gasteiger partial charge on any atom is 0.240 e. The minimum absolute atomic E-state index is 0.213. The molecule has 1 unspecified atom stereocenters. The van der Waals surface area contributed by atoms with Gasteiger partial charge in [0, 0.05) is 6.54 Å².